The summed E-state index contributed by atoms with van der Waals surface area (Å²) >= 11 is 0. The zero-order valence-corrected chi connectivity index (χ0v) is 8.39. The molecule has 0 atom stereocenters. The van der Waals surface area contributed by atoms with E-state index < -0.39 is 28.7 Å². The van der Waals surface area contributed by atoms with Crippen LogP contribution in [-0.2, 0) is 6.42 Å². The van der Waals surface area contributed by atoms with Crippen LogP contribution in [-0.4, -0.2) is 30.6 Å². The third-order valence-electron chi connectivity index (χ3n) is 3.04. The average molecular weight is 236 g/mol. The quantitative estimate of drug-likeness (QED) is 0.255. The van der Waals surface area contributed by atoms with Gasteiger partial charge in [-0.3, -0.25) is 0 Å². The van der Waals surface area contributed by atoms with Gasteiger partial charge in [-0.15, -0.1) is 0 Å². The molecule has 0 unspecified atom stereocenters. The number of benzene rings is 2. The summed E-state index contributed by atoms with van der Waals surface area (Å²) in [5, 5.41) is 57.0. The topological polar surface area (TPSA) is 121 Å². The molecule has 88 valence electrons. The van der Waals surface area contributed by atoms with E-state index in [-0.39, 0.29) is 16.5 Å². The van der Waals surface area contributed by atoms with Gasteiger partial charge in [0.25, 0.3) is 0 Å². The molecule has 2 aromatic rings. The number of hydrogen-bond acceptors (Lipinski definition) is 6. The minimum Gasteiger partial charge on any atom is -0.504 e. The van der Waals surface area contributed by atoms with E-state index in [1.807, 2.05) is 0 Å². The number of phenolic OH excluding ortho intramolecular Hbond substituents is 6. The van der Waals surface area contributed by atoms with Crippen molar-refractivity contribution in [2.24, 2.45) is 0 Å². The molecule has 6 N–H and O–H groups in total. The molecule has 0 saturated heterocycles. The molecule has 1 aliphatic carbocycles. The van der Waals surface area contributed by atoms with E-state index in [1.165, 1.54) is 0 Å². The van der Waals surface area contributed by atoms with Crippen LogP contribution in [0.15, 0.2) is 0 Å². The molecule has 17 heavy (non-hydrogen) atoms. The number of rotatable bonds is 0. The largest absolute Gasteiger partial charge is 0.504 e. The van der Waals surface area contributed by atoms with Crippen molar-refractivity contribution in [3.63, 3.8) is 0 Å². The lowest BCUT2D eigenvalue weighted by molar-refractivity contribution is 0.349. The van der Waals surface area contributed by atoms with E-state index in [0.29, 0.717) is 17.5 Å². The average Bonchev–Trinajstić information content (AvgIpc) is 3.08. The first-order valence-electron chi connectivity index (χ1n) is 4.80. The number of phenols is 6. The fraction of sp³-hybridized carbons (Fsp3) is 0.0909. The predicted molar refractivity (Wildman–Crippen MR) is 56.7 cm³/mol. The minimum absolute atomic E-state index is 0.0445. The third kappa shape index (κ3) is 0.944. The Morgan fingerprint density at radius 1 is 0.471 bits per heavy atom. The predicted octanol–water partition coefficient (Wildman–Crippen LogP) is 0.978. The van der Waals surface area contributed by atoms with E-state index >= 15 is 0 Å². The fourth-order valence-corrected chi connectivity index (χ4v) is 2.08. The SMILES string of the molecule is Oc1c(O)c(O)c2c3c(c(O)c(O)c2c1O)C3. The van der Waals surface area contributed by atoms with Crippen LogP contribution in [0.4, 0.5) is 0 Å². The van der Waals surface area contributed by atoms with Crippen molar-refractivity contribution in [2.75, 3.05) is 0 Å². The van der Waals surface area contributed by atoms with Gasteiger partial charge in [-0.05, 0) is 5.56 Å². The summed E-state index contributed by atoms with van der Waals surface area (Å²) in [6.45, 7) is 0. The highest BCUT2D eigenvalue weighted by Crippen LogP contribution is 2.59. The van der Waals surface area contributed by atoms with Crippen LogP contribution < -0.4 is 0 Å². The number of aromatic hydroxyl groups is 6. The van der Waals surface area contributed by atoms with Crippen molar-refractivity contribution in [1.29, 1.82) is 0 Å². The number of fused-ring (bicyclic) bond motifs is 3. The monoisotopic (exact) mass is 236 g/mol. The van der Waals surface area contributed by atoms with Gasteiger partial charge in [-0.2, -0.15) is 0 Å². The van der Waals surface area contributed by atoms with Gasteiger partial charge in [0.1, 0.15) is 0 Å². The van der Waals surface area contributed by atoms with Gasteiger partial charge in [0, 0.05) is 17.4 Å². The van der Waals surface area contributed by atoms with Gasteiger partial charge >= 0.3 is 0 Å². The standard InChI is InChI=1S/C11H8O6/c12-6-3-1-2(3)4-5(8(6)14)9(15)11(17)10(16)7(4)13/h12-17H,1H2. The maximum absolute atomic E-state index is 9.68. The first kappa shape index (κ1) is 9.71. The van der Waals surface area contributed by atoms with Crippen LogP contribution in [0.2, 0.25) is 0 Å². The Labute approximate surface area is 94.2 Å². The van der Waals surface area contributed by atoms with Crippen LogP contribution >= 0.6 is 0 Å². The smallest absolute Gasteiger partial charge is 0.205 e. The van der Waals surface area contributed by atoms with Gasteiger partial charge < -0.3 is 30.6 Å². The zero-order valence-electron chi connectivity index (χ0n) is 8.39. The molecule has 3 rings (SSSR count). The molecule has 2 aromatic carbocycles. The summed E-state index contributed by atoms with van der Waals surface area (Å²) in [5.74, 6) is -4.21. The maximum Gasteiger partial charge on any atom is 0.205 e. The van der Waals surface area contributed by atoms with Crippen molar-refractivity contribution in [2.45, 2.75) is 6.42 Å². The summed E-state index contributed by atoms with van der Waals surface area (Å²) in [6, 6.07) is 0. The van der Waals surface area contributed by atoms with Crippen molar-refractivity contribution in [3.05, 3.63) is 11.1 Å². The highest BCUT2D eigenvalue weighted by Gasteiger charge is 2.34. The molecule has 0 amide bonds. The first-order chi connectivity index (χ1) is 7.95. The summed E-state index contributed by atoms with van der Waals surface area (Å²) in [4.78, 5) is 0. The van der Waals surface area contributed by atoms with Gasteiger partial charge in [0.05, 0.1) is 5.39 Å². The van der Waals surface area contributed by atoms with Crippen molar-refractivity contribution < 1.29 is 30.6 Å². The van der Waals surface area contributed by atoms with Gasteiger partial charge in [0.15, 0.2) is 23.0 Å². The molecule has 6 nitrogen and oxygen atoms in total. The Morgan fingerprint density at radius 2 is 0.941 bits per heavy atom. The molecule has 0 heterocycles. The summed E-state index contributed by atoms with van der Waals surface area (Å²) in [6.07, 6.45) is 0.347. The van der Waals surface area contributed by atoms with Crippen LogP contribution in [0, 0.1) is 0 Å². The van der Waals surface area contributed by atoms with E-state index in [4.69, 9.17) is 0 Å². The van der Waals surface area contributed by atoms with E-state index in [2.05, 4.69) is 0 Å². The van der Waals surface area contributed by atoms with E-state index in [0.717, 1.165) is 0 Å². The zero-order chi connectivity index (χ0) is 12.5. The van der Waals surface area contributed by atoms with Gasteiger partial charge in [-0.25, -0.2) is 0 Å². The third-order valence-corrected chi connectivity index (χ3v) is 3.04. The van der Waals surface area contributed by atoms with Crippen LogP contribution in [0.1, 0.15) is 11.1 Å². The molecule has 1 aliphatic rings. The van der Waals surface area contributed by atoms with Gasteiger partial charge in [-0.1, -0.05) is 0 Å². The lowest BCUT2D eigenvalue weighted by Crippen LogP contribution is -1.81. The summed E-state index contributed by atoms with van der Waals surface area (Å²) < 4.78 is 0. The molecule has 0 radical (unpaired) electrons. The molecule has 0 aliphatic heterocycles. The highest BCUT2D eigenvalue weighted by molar-refractivity contribution is 6.08. The van der Waals surface area contributed by atoms with Crippen LogP contribution in [0.25, 0.3) is 10.8 Å². The first-order valence-corrected chi connectivity index (χ1v) is 4.80. The lowest BCUT2D eigenvalue weighted by atomic mass is 10.1. The van der Waals surface area contributed by atoms with Crippen molar-refractivity contribution >= 4 is 10.8 Å². The second kappa shape index (κ2) is 2.60. The van der Waals surface area contributed by atoms with E-state index in [9.17, 15) is 30.6 Å². The Morgan fingerprint density at radius 3 is 1.53 bits per heavy atom. The van der Waals surface area contributed by atoms with Crippen molar-refractivity contribution in [3.8, 4) is 34.5 Å². The molecule has 0 spiro atoms. The molecular weight excluding hydrogens is 228 g/mol. The molecular formula is C11H8O6. The molecule has 6 heteroatoms. The Kier molecular flexibility index (Phi) is 1.48. The summed E-state index contributed by atoms with van der Waals surface area (Å²) in [7, 11) is 0. The maximum atomic E-state index is 9.68. The Balaban J connectivity index is 2.64. The second-order valence-electron chi connectivity index (χ2n) is 3.98. The van der Waals surface area contributed by atoms with E-state index in [1.54, 1.807) is 0 Å². The molecule has 0 bridgehead atoms. The Bertz CT molecular complexity index is 689. The van der Waals surface area contributed by atoms with Gasteiger partial charge in [0.2, 0.25) is 11.5 Å². The normalized spacial score (nSPS) is 12.7. The Hall–Kier alpha value is -2.50. The molecule has 0 aromatic heterocycles. The van der Waals surface area contributed by atoms with Crippen LogP contribution in [0.3, 0.4) is 0 Å². The van der Waals surface area contributed by atoms with Crippen LogP contribution in [0.5, 0.6) is 34.5 Å². The summed E-state index contributed by atoms with van der Waals surface area (Å²) in [5.41, 5.74) is 0.980. The second-order valence-corrected chi connectivity index (χ2v) is 3.98. The minimum atomic E-state index is -0.940. The highest BCUT2D eigenvalue weighted by atomic mass is 16.3. The van der Waals surface area contributed by atoms with Crippen molar-refractivity contribution in [1.82, 2.24) is 0 Å². The lowest BCUT2D eigenvalue weighted by Gasteiger charge is -2.10. The molecule has 0 fully saturated rings. The number of hydrogen-bond donors (Lipinski definition) is 6. The molecule has 0 saturated carbocycles. The fourth-order valence-electron chi connectivity index (χ4n) is 2.08.